The van der Waals surface area contributed by atoms with E-state index < -0.39 is 105 Å². The van der Waals surface area contributed by atoms with Gasteiger partial charge < -0.3 is 4.74 Å². The summed E-state index contributed by atoms with van der Waals surface area (Å²) in [6, 6.07) is 3.04. The van der Waals surface area contributed by atoms with Crippen LogP contribution in [-0.2, 0) is 39.2 Å². The van der Waals surface area contributed by atoms with Crippen LogP contribution < -0.4 is 9.46 Å². The second-order valence-corrected chi connectivity index (χ2v) is 21.3. The van der Waals surface area contributed by atoms with Gasteiger partial charge in [-0.05, 0) is 85.3 Å². The fourth-order valence-corrected chi connectivity index (χ4v) is 15.6. The van der Waals surface area contributed by atoms with Gasteiger partial charge in [0.25, 0.3) is 10.1 Å². The van der Waals surface area contributed by atoms with Crippen molar-refractivity contribution in [3.63, 3.8) is 0 Å². The third kappa shape index (κ3) is 6.90. The van der Waals surface area contributed by atoms with Crippen molar-refractivity contribution in [3.8, 4) is 5.75 Å². The van der Waals surface area contributed by atoms with Crippen molar-refractivity contribution < 1.29 is 61.1 Å². The number of carbonyl (C=O) groups excluding carboxylic acids is 1. The van der Waals surface area contributed by atoms with Crippen LogP contribution in [0.25, 0.3) is 0 Å². The number of nitrogens with one attached hydrogen (secondary N) is 1. The molecule has 0 radical (unpaired) electrons. The highest BCUT2D eigenvalue weighted by atomic mass is 32.2. The number of carbonyl (C=O) groups is 1. The average Bonchev–Trinajstić information content (AvgIpc) is 3.79. The molecule has 1 heterocycles. The fraction of sp³-hybridized carbons (Fsp3) is 0.658. The van der Waals surface area contributed by atoms with E-state index in [0.29, 0.717) is 17.0 Å². The van der Waals surface area contributed by atoms with Gasteiger partial charge >= 0.3 is 16.1 Å². The molecule has 6 fully saturated rings. The van der Waals surface area contributed by atoms with E-state index in [9.17, 15) is 47.6 Å². The molecule has 2 bridgehead atoms. The number of benzene rings is 2. The molecule has 0 amide bonds. The summed E-state index contributed by atoms with van der Waals surface area (Å²) in [4.78, 5) is 11.5. The predicted molar refractivity (Wildman–Crippen MR) is 192 cm³/mol. The van der Waals surface area contributed by atoms with Crippen molar-refractivity contribution in [2.75, 3.05) is 0 Å². The zero-order chi connectivity index (χ0) is 39.9. The zero-order valence-electron chi connectivity index (χ0n) is 30.5. The summed E-state index contributed by atoms with van der Waals surface area (Å²) >= 11 is 0. The molecule has 1 saturated heterocycles. The lowest BCUT2D eigenvalue weighted by Crippen LogP contribution is -2.47. The molecule has 8 rings (SSSR count). The first-order chi connectivity index (χ1) is 26.5. The van der Waals surface area contributed by atoms with Gasteiger partial charge in [0.15, 0.2) is 16.5 Å². The minimum Gasteiger partial charge on any atom is -0.420 e. The number of fused-ring (bicyclic) bond motifs is 1. The van der Waals surface area contributed by atoms with Gasteiger partial charge in [0, 0.05) is 5.92 Å². The zero-order valence-corrected chi connectivity index (χ0v) is 33.0. The Morgan fingerprint density at radius 1 is 0.696 bits per heavy atom. The Balaban J connectivity index is 1.18. The number of esters is 1. The summed E-state index contributed by atoms with van der Waals surface area (Å²) in [5.41, 5.74) is 2.55. The smallest absolute Gasteiger partial charge is 0.316 e. The van der Waals surface area contributed by atoms with Crippen molar-refractivity contribution in [2.45, 2.75) is 148 Å². The molecule has 2 aromatic carbocycles. The third-order valence-electron chi connectivity index (χ3n) is 13.4. The summed E-state index contributed by atoms with van der Waals surface area (Å²) in [5.74, 6) is -17.3. The van der Waals surface area contributed by atoms with Crippen molar-refractivity contribution in [1.29, 1.82) is 0 Å². The lowest BCUT2D eigenvalue weighted by Gasteiger charge is -2.34. The van der Waals surface area contributed by atoms with Gasteiger partial charge in [0.05, 0.1) is 23.3 Å². The molecule has 5 aliphatic carbocycles. The van der Waals surface area contributed by atoms with Crippen LogP contribution in [0.5, 0.6) is 5.75 Å². The van der Waals surface area contributed by atoms with E-state index in [2.05, 4.69) is 16.9 Å². The Hall–Kier alpha value is -2.64. The van der Waals surface area contributed by atoms with Gasteiger partial charge in [0.2, 0.25) is 27.4 Å². The van der Waals surface area contributed by atoms with Crippen molar-refractivity contribution in [1.82, 2.24) is 4.72 Å². The second kappa shape index (κ2) is 14.9. The molecule has 11 nitrogen and oxygen atoms in total. The summed E-state index contributed by atoms with van der Waals surface area (Å²) in [6.07, 6.45) is 12.9. The predicted octanol–water partition coefficient (Wildman–Crippen LogP) is 7.25. The van der Waals surface area contributed by atoms with Crippen LogP contribution in [0.2, 0.25) is 0 Å². The van der Waals surface area contributed by atoms with Gasteiger partial charge in [0.1, 0.15) is 4.90 Å². The van der Waals surface area contributed by atoms with Gasteiger partial charge in [-0.25, -0.2) is 21.9 Å². The molecule has 308 valence electrons. The number of hydrogen-bond acceptors (Lipinski definition) is 9. The van der Waals surface area contributed by atoms with Crippen LogP contribution in [0.1, 0.15) is 137 Å². The van der Waals surface area contributed by atoms with Crippen LogP contribution in [0, 0.1) is 41.0 Å². The minimum absolute atomic E-state index is 0.0436. The van der Waals surface area contributed by atoms with Crippen LogP contribution in [0.4, 0.5) is 17.6 Å². The molecule has 6 aliphatic rings. The maximum atomic E-state index is 15.0. The van der Waals surface area contributed by atoms with Crippen LogP contribution >= 0.6 is 0 Å². The van der Waals surface area contributed by atoms with Gasteiger partial charge in [-0.1, -0.05) is 69.9 Å². The average molecular weight is 848 g/mol. The summed E-state index contributed by atoms with van der Waals surface area (Å²) in [5, 5.41) is -1.55. The van der Waals surface area contributed by atoms with Crippen molar-refractivity contribution in [2.24, 2.45) is 17.8 Å². The first kappa shape index (κ1) is 40.2. The van der Waals surface area contributed by atoms with E-state index in [0.717, 1.165) is 102 Å². The Kier molecular flexibility index (Phi) is 10.7. The Morgan fingerprint density at radius 3 is 1.66 bits per heavy atom. The topological polar surface area (TPSA) is 170 Å². The normalized spacial score (nSPS) is 29.9. The van der Waals surface area contributed by atoms with Crippen LogP contribution in [0.3, 0.4) is 0 Å². The van der Waals surface area contributed by atoms with Crippen LogP contribution in [-0.4, -0.2) is 53.2 Å². The summed E-state index contributed by atoms with van der Waals surface area (Å²) < 4.78 is 161. The Morgan fingerprint density at radius 2 is 1.18 bits per heavy atom. The lowest BCUT2D eigenvalue weighted by molar-refractivity contribution is -0.142. The first-order valence-corrected chi connectivity index (χ1v) is 24.1. The number of sulfonamides is 1. The molecular formula is C38H45F4NO10S3. The summed E-state index contributed by atoms with van der Waals surface area (Å²) in [6.45, 7) is 0. The van der Waals surface area contributed by atoms with Gasteiger partial charge in [-0.15, -0.1) is 0 Å². The minimum atomic E-state index is -5.81. The number of hydrogen-bond donors (Lipinski definition) is 2. The first-order valence-electron chi connectivity index (χ1n) is 19.7. The van der Waals surface area contributed by atoms with E-state index in [4.69, 9.17) is 13.5 Å². The van der Waals surface area contributed by atoms with E-state index in [1.54, 1.807) is 0 Å². The van der Waals surface area contributed by atoms with Crippen molar-refractivity contribution in [3.05, 3.63) is 52.1 Å². The van der Waals surface area contributed by atoms with E-state index >= 15 is 0 Å². The number of rotatable bonds is 9. The molecule has 2 N–H and O–H groups in total. The second-order valence-electron chi connectivity index (χ2n) is 16.6. The molecule has 18 heteroatoms. The van der Waals surface area contributed by atoms with Crippen LogP contribution in [0.15, 0.2) is 21.9 Å². The highest BCUT2D eigenvalue weighted by molar-refractivity contribution is 7.90. The quantitative estimate of drug-likeness (QED) is 0.0655. The SMILES string of the molecule is O=C(Oc1c(F)c(F)c(S(=O)(=O)O)c(F)c1F)C1C2CC3C(NS(=O)(=O)C31)C2OS(=O)(=O)c1c(C2CCCCC2)cc(C2CCCCC2)cc1C1CCCCC1. The van der Waals surface area contributed by atoms with E-state index in [-0.39, 0.29) is 23.2 Å². The highest BCUT2D eigenvalue weighted by Crippen LogP contribution is 2.57. The standard InChI is InChI=1S/C38H45F4NO10S3/c39-28-30(41)37(55(47,48)49)31(42)29(40)34(28)52-38(44)27-25-18-26-32(43-54(45,46)36(26)27)33(25)53-56(50,51)35-23(20-12-6-2-7-13-20)16-22(19-10-4-1-5-11-19)17-24(35)21-14-8-3-9-15-21/h16-17,19-21,25-27,32-33,36,43H,1-15,18H2,(H,47,48,49). The van der Waals surface area contributed by atoms with Crippen molar-refractivity contribution >= 4 is 36.2 Å². The molecule has 0 aromatic heterocycles. The van der Waals surface area contributed by atoms with E-state index in [1.807, 2.05) is 0 Å². The molecule has 1 aliphatic heterocycles. The number of halogens is 4. The Labute approximate surface area is 324 Å². The van der Waals surface area contributed by atoms with Gasteiger partial charge in [-0.3, -0.25) is 13.5 Å². The van der Waals surface area contributed by atoms with Gasteiger partial charge in [-0.2, -0.15) is 25.6 Å². The monoisotopic (exact) mass is 847 g/mol. The largest absolute Gasteiger partial charge is 0.420 e. The maximum Gasteiger partial charge on any atom is 0.316 e. The van der Waals surface area contributed by atoms with E-state index in [1.165, 1.54) is 0 Å². The highest BCUT2D eigenvalue weighted by Gasteiger charge is 2.71. The molecule has 0 spiro atoms. The maximum absolute atomic E-state index is 15.0. The molecule has 6 atom stereocenters. The molecule has 6 unspecified atom stereocenters. The third-order valence-corrected chi connectivity index (χ3v) is 17.7. The molecule has 56 heavy (non-hydrogen) atoms. The Bertz CT molecular complexity index is 2190. The molecule has 2 aromatic rings. The summed E-state index contributed by atoms with van der Waals surface area (Å²) in [7, 11) is -14.9. The lowest BCUT2D eigenvalue weighted by atomic mass is 9.76. The fourth-order valence-electron chi connectivity index (χ4n) is 11.0. The number of ether oxygens (including phenoxy) is 1. The molecular weight excluding hydrogens is 803 g/mol. The molecule has 5 saturated carbocycles.